The van der Waals surface area contributed by atoms with Crippen molar-refractivity contribution in [1.29, 1.82) is 0 Å². The zero-order chi connectivity index (χ0) is 18.5. The lowest BCUT2D eigenvalue weighted by molar-refractivity contribution is -0.120. The minimum Gasteiger partial charge on any atom is -0.355 e. The van der Waals surface area contributed by atoms with E-state index < -0.39 is 5.82 Å². The SMILES string of the molecule is Cn1cc(-c2ccc(CCNC(=O)Cc3c(F)cccc3Cl)cc2)cn1. The number of aryl methyl sites for hydroxylation is 1. The minimum atomic E-state index is -0.460. The molecule has 3 aromatic rings. The third-order valence-corrected chi connectivity index (χ3v) is 4.48. The predicted molar refractivity (Wildman–Crippen MR) is 100 cm³/mol. The van der Waals surface area contributed by atoms with Gasteiger partial charge in [-0.25, -0.2) is 4.39 Å². The van der Waals surface area contributed by atoms with Crippen LogP contribution in [0.1, 0.15) is 11.1 Å². The smallest absolute Gasteiger partial charge is 0.224 e. The molecule has 1 amide bonds. The molecule has 4 nitrogen and oxygen atoms in total. The Morgan fingerprint density at radius 2 is 1.96 bits per heavy atom. The number of nitrogens with zero attached hydrogens (tertiary/aromatic N) is 2. The number of carbonyl (C=O) groups excluding carboxylic acids is 1. The number of hydrogen-bond donors (Lipinski definition) is 1. The Morgan fingerprint density at radius 1 is 1.19 bits per heavy atom. The predicted octanol–water partition coefficient (Wildman–Crippen LogP) is 3.78. The van der Waals surface area contributed by atoms with Crippen molar-refractivity contribution in [3.63, 3.8) is 0 Å². The van der Waals surface area contributed by atoms with E-state index in [4.69, 9.17) is 11.6 Å². The van der Waals surface area contributed by atoms with Crippen LogP contribution in [0, 0.1) is 5.82 Å². The fourth-order valence-corrected chi connectivity index (χ4v) is 2.93. The van der Waals surface area contributed by atoms with Crippen molar-refractivity contribution in [1.82, 2.24) is 15.1 Å². The number of benzene rings is 2. The van der Waals surface area contributed by atoms with Gasteiger partial charge in [0.05, 0.1) is 12.6 Å². The van der Waals surface area contributed by atoms with Crippen molar-refractivity contribution in [3.8, 4) is 11.1 Å². The molecular formula is C20H19ClFN3O. The highest BCUT2D eigenvalue weighted by Gasteiger charge is 2.11. The van der Waals surface area contributed by atoms with Gasteiger partial charge in [-0.05, 0) is 29.7 Å². The molecular weight excluding hydrogens is 353 g/mol. The molecule has 0 aliphatic heterocycles. The monoisotopic (exact) mass is 371 g/mol. The van der Waals surface area contributed by atoms with Crippen LogP contribution in [0.3, 0.4) is 0 Å². The number of halogens is 2. The summed E-state index contributed by atoms with van der Waals surface area (Å²) in [4.78, 5) is 12.0. The lowest BCUT2D eigenvalue weighted by Crippen LogP contribution is -2.27. The van der Waals surface area contributed by atoms with Gasteiger partial charge in [-0.15, -0.1) is 0 Å². The Hall–Kier alpha value is -2.66. The van der Waals surface area contributed by atoms with Gasteiger partial charge in [0.25, 0.3) is 0 Å². The summed E-state index contributed by atoms with van der Waals surface area (Å²) in [6.45, 7) is 0.483. The Labute approximate surface area is 156 Å². The van der Waals surface area contributed by atoms with E-state index in [1.54, 1.807) is 10.7 Å². The van der Waals surface area contributed by atoms with Gasteiger partial charge in [0, 0.05) is 35.9 Å². The Bertz CT molecular complexity index is 885. The summed E-state index contributed by atoms with van der Waals surface area (Å²) in [5.74, 6) is -0.706. The molecule has 0 spiro atoms. The molecule has 0 aliphatic rings. The molecule has 0 bridgehead atoms. The van der Waals surface area contributed by atoms with E-state index in [0.717, 1.165) is 16.7 Å². The van der Waals surface area contributed by atoms with Gasteiger partial charge >= 0.3 is 0 Å². The second-order valence-corrected chi connectivity index (χ2v) is 6.48. The number of nitrogens with one attached hydrogen (secondary N) is 1. The lowest BCUT2D eigenvalue weighted by Gasteiger charge is -2.08. The number of hydrogen-bond acceptors (Lipinski definition) is 2. The van der Waals surface area contributed by atoms with Gasteiger partial charge in [0.15, 0.2) is 0 Å². The van der Waals surface area contributed by atoms with E-state index in [-0.39, 0.29) is 22.9 Å². The molecule has 1 heterocycles. The number of aromatic nitrogens is 2. The summed E-state index contributed by atoms with van der Waals surface area (Å²) in [5.41, 5.74) is 3.50. The molecule has 0 fully saturated rings. The summed E-state index contributed by atoms with van der Waals surface area (Å²) in [7, 11) is 1.88. The molecule has 3 rings (SSSR count). The average Bonchev–Trinajstić information content (AvgIpc) is 3.05. The molecule has 1 N–H and O–H groups in total. The summed E-state index contributed by atoms with van der Waals surface area (Å²) in [5, 5.41) is 7.24. The minimum absolute atomic E-state index is 0.0640. The van der Waals surface area contributed by atoms with Crippen LogP contribution in [0.5, 0.6) is 0 Å². The van der Waals surface area contributed by atoms with E-state index >= 15 is 0 Å². The molecule has 0 radical (unpaired) electrons. The highest BCUT2D eigenvalue weighted by Crippen LogP contribution is 2.20. The lowest BCUT2D eigenvalue weighted by atomic mass is 10.1. The average molecular weight is 372 g/mol. The summed E-state index contributed by atoms with van der Waals surface area (Å²) < 4.78 is 15.5. The van der Waals surface area contributed by atoms with E-state index in [1.807, 2.05) is 43.7 Å². The number of rotatable bonds is 6. The largest absolute Gasteiger partial charge is 0.355 e. The van der Waals surface area contributed by atoms with Crippen LogP contribution >= 0.6 is 11.6 Å². The summed E-state index contributed by atoms with van der Waals surface area (Å²) >= 11 is 5.94. The molecule has 26 heavy (non-hydrogen) atoms. The third kappa shape index (κ3) is 4.49. The van der Waals surface area contributed by atoms with Gasteiger partial charge in [0.1, 0.15) is 5.82 Å². The van der Waals surface area contributed by atoms with Gasteiger partial charge in [0.2, 0.25) is 5.91 Å². The molecule has 134 valence electrons. The Morgan fingerprint density at radius 3 is 2.62 bits per heavy atom. The number of amides is 1. The highest BCUT2D eigenvalue weighted by molar-refractivity contribution is 6.31. The van der Waals surface area contributed by atoms with Gasteiger partial charge in [-0.3, -0.25) is 9.48 Å². The third-order valence-electron chi connectivity index (χ3n) is 4.13. The zero-order valence-corrected chi connectivity index (χ0v) is 15.1. The molecule has 0 aliphatic carbocycles. The van der Waals surface area contributed by atoms with Crippen LogP contribution in [-0.2, 0) is 24.7 Å². The van der Waals surface area contributed by atoms with Crippen molar-refractivity contribution in [2.24, 2.45) is 7.05 Å². The molecule has 0 saturated carbocycles. The fraction of sp³-hybridized carbons (Fsp3) is 0.200. The molecule has 0 unspecified atom stereocenters. The van der Waals surface area contributed by atoms with E-state index in [1.165, 1.54) is 12.1 Å². The van der Waals surface area contributed by atoms with Crippen LogP contribution < -0.4 is 5.32 Å². The molecule has 6 heteroatoms. The number of carbonyl (C=O) groups is 1. The van der Waals surface area contributed by atoms with Crippen LogP contribution in [0.2, 0.25) is 5.02 Å². The maximum atomic E-state index is 13.7. The van der Waals surface area contributed by atoms with Gasteiger partial charge in [-0.2, -0.15) is 5.10 Å². The van der Waals surface area contributed by atoms with Gasteiger partial charge in [-0.1, -0.05) is 41.9 Å². The first-order chi connectivity index (χ1) is 12.5. The molecule has 2 aromatic carbocycles. The molecule has 0 atom stereocenters. The van der Waals surface area contributed by atoms with E-state index in [9.17, 15) is 9.18 Å². The van der Waals surface area contributed by atoms with Crippen LogP contribution in [0.15, 0.2) is 54.9 Å². The zero-order valence-electron chi connectivity index (χ0n) is 14.4. The van der Waals surface area contributed by atoms with E-state index in [2.05, 4.69) is 10.4 Å². The van der Waals surface area contributed by atoms with Gasteiger partial charge < -0.3 is 5.32 Å². The quantitative estimate of drug-likeness (QED) is 0.716. The first kappa shape index (κ1) is 18.1. The standard InChI is InChI=1S/C20H19ClFN3O/c1-25-13-16(12-24-25)15-7-5-14(6-8-15)9-10-23-20(26)11-17-18(21)3-2-4-19(17)22/h2-8,12-13H,9-11H2,1H3,(H,23,26). The van der Waals surface area contributed by atoms with Crippen molar-refractivity contribution in [3.05, 3.63) is 76.8 Å². The second-order valence-electron chi connectivity index (χ2n) is 6.08. The van der Waals surface area contributed by atoms with Crippen LogP contribution in [0.25, 0.3) is 11.1 Å². The Kier molecular flexibility index (Phi) is 5.68. The van der Waals surface area contributed by atoms with Crippen molar-refractivity contribution >= 4 is 17.5 Å². The van der Waals surface area contributed by atoms with Crippen molar-refractivity contribution < 1.29 is 9.18 Å². The molecule has 0 saturated heterocycles. The topological polar surface area (TPSA) is 46.9 Å². The van der Waals surface area contributed by atoms with Crippen LogP contribution in [0.4, 0.5) is 4.39 Å². The second kappa shape index (κ2) is 8.15. The van der Waals surface area contributed by atoms with Crippen molar-refractivity contribution in [2.45, 2.75) is 12.8 Å². The maximum Gasteiger partial charge on any atom is 0.224 e. The summed E-state index contributed by atoms with van der Waals surface area (Å²) in [6, 6.07) is 12.5. The van der Waals surface area contributed by atoms with E-state index in [0.29, 0.717) is 13.0 Å². The first-order valence-electron chi connectivity index (χ1n) is 8.30. The normalized spacial score (nSPS) is 10.7. The fourth-order valence-electron chi connectivity index (χ4n) is 2.70. The Balaban J connectivity index is 1.51. The van der Waals surface area contributed by atoms with Crippen LogP contribution in [-0.4, -0.2) is 22.2 Å². The summed E-state index contributed by atoms with van der Waals surface area (Å²) in [6.07, 6.45) is 4.42. The highest BCUT2D eigenvalue weighted by atomic mass is 35.5. The maximum absolute atomic E-state index is 13.7. The molecule has 1 aromatic heterocycles. The first-order valence-corrected chi connectivity index (χ1v) is 8.68. The van der Waals surface area contributed by atoms with Crippen molar-refractivity contribution in [2.75, 3.05) is 6.54 Å².